The third-order valence-electron chi connectivity index (χ3n) is 2.49. The lowest BCUT2D eigenvalue weighted by atomic mass is 10.0. The first-order valence-corrected chi connectivity index (χ1v) is 5.51. The van der Waals surface area contributed by atoms with Gasteiger partial charge in [-0.05, 0) is 32.9 Å². The Morgan fingerprint density at radius 3 is 2.53 bits per heavy atom. The van der Waals surface area contributed by atoms with Crippen molar-refractivity contribution in [2.75, 3.05) is 6.54 Å². The molecule has 0 aliphatic carbocycles. The lowest BCUT2D eigenvalue weighted by Crippen LogP contribution is -2.49. The average Bonchev–Trinajstić information content (AvgIpc) is 2.24. The molecule has 17 heavy (non-hydrogen) atoms. The molecule has 0 spiro atoms. The van der Waals surface area contributed by atoms with Gasteiger partial charge in [0.1, 0.15) is 0 Å². The zero-order valence-corrected chi connectivity index (χ0v) is 10.4. The summed E-state index contributed by atoms with van der Waals surface area (Å²) >= 11 is 0. The van der Waals surface area contributed by atoms with Gasteiger partial charge in [-0.1, -0.05) is 6.07 Å². The summed E-state index contributed by atoms with van der Waals surface area (Å²) in [5.41, 5.74) is 5.85. The van der Waals surface area contributed by atoms with Crippen molar-refractivity contribution in [3.05, 3.63) is 30.1 Å². The van der Waals surface area contributed by atoms with E-state index in [2.05, 4.69) is 4.98 Å². The highest BCUT2D eigenvalue weighted by molar-refractivity contribution is 5.66. The van der Waals surface area contributed by atoms with Crippen LogP contribution in [-0.2, 0) is 0 Å². The third kappa shape index (κ3) is 3.17. The quantitative estimate of drug-likeness (QED) is 0.841. The fourth-order valence-electron chi connectivity index (χ4n) is 1.82. The summed E-state index contributed by atoms with van der Waals surface area (Å²) in [6, 6.07) is 4.99. The van der Waals surface area contributed by atoms with Crippen LogP contribution in [0.2, 0.25) is 0 Å². The molecular weight excluding hydrogens is 218 g/mol. The predicted octanol–water partition coefficient (Wildman–Crippen LogP) is 1.86. The van der Waals surface area contributed by atoms with Crippen molar-refractivity contribution in [1.29, 1.82) is 0 Å². The number of aromatic nitrogens is 1. The fourth-order valence-corrected chi connectivity index (χ4v) is 1.82. The second-order valence-corrected chi connectivity index (χ2v) is 4.83. The second kappa shape index (κ2) is 5.14. The maximum absolute atomic E-state index is 11.4. The molecule has 3 N–H and O–H groups in total. The molecule has 0 bridgehead atoms. The molecule has 1 heterocycles. The Hall–Kier alpha value is -1.62. The van der Waals surface area contributed by atoms with E-state index in [1.165, 1.54) is 4.90 Å². The summed E-state index contributed by atoms with van der Waals surface area (Å²) < 4.78 is 0. The van der Waals surface area contributed by atoms with E-state index in [-0.39, 0.29) is 6.54 Å². The average molecular weight is 237 g/mol. The van der Waals surface area contributed by atoms with Gasteiger partial charge in [-0.2, -0.15) is 0 Å². The Labute approximate surface area is 101 Å². The van der Waals surface area contributed by atoms with Gasteiger partial charge >= 0.3 is 6.09 Å². The minimum Gasteiger partial charge on any atom is -0.465 e. The zero-order chi connectivity index (χ0) is 13.1. The molecule has 0 aliphatic heterocycles. The number of pyridine rings is 1. The first-order valence-electron chi connectivity index (χ1n) is 5.51. The van der Waals surface area contributed by atoms with E-state index in [1.807, 2.05) is 26.8 Å². The number of nitrogens with zero attached hydrogens (tertiary/aromatic N) is 2. The smallest absolute Gasteiger partial charge is 0.408 e. The Morgan fingerprint density at radius 1 is 1.53 bits per heavy atom. The molecule has 5 heteroatoms. The molecule has 0 saturated carbocycles. The topological polar surface area (TPSA) is 79.5 Å². The maximum atomic E-state index is 11.4. The summed E-state index contributed by atoms with van der Waals surface area (Å²) in [6.07, 6.45) is 0.652. The highest BCUT2D eigenvalue weighted by Crippen LogP contribution is 2.26. The van der Waals surface area contributed by atoms with Crippen molar-refractivity contribution in [3.8, 4) is 0 Å². The largest absolute Gasteiger partial charge is 0.465 e. The predicted molar refractivity (Wildman–Crippen MR) is 65.6 cm³/mol. The van der Waals surface area contributed by atoms with Gasteiger partial charge in [-0.15, -0.1) is 0 Å². The lowest BCUT2D eigenvalue weighted by molar-refractivity contribution is 0.0708. The standard InChI is InChI=1S/C12H19N3O2/c1-12(2,3)15(11(16)17)10(8-13)9-6-4-5-7-14-9/h4-7,10H,8,13H2,1-3H3,(H,16,17). The van der Waals surface area contributed by atoms with Crippen LogP contribution in [-0.4, -0.2) is 33.2 Å². The summed E-state index contributed by atoms with van der Waals surface area (Å²) in [5, 5.41) is 9.31. The minimum atomic E-state index is -0.987. The first-order chi connectivity index (χ1) is 7.88. The van der Waals surface area contributed by atoms with E-state index in [9.17, 15) is 9.90 Å². The number of carbonyl (C=O) groups is 1. The third-order valence-corrected chi connectivity index (χ3v) is 2.49. The van der Waals surface area contributed by atoms with Gasteiger partial charge < -0.3 is 10.8 Å². The second-order valence-electron chi connectivity index (χ2n) is 4.83. The summed E-state index contributed by atoms with van der Waals surface area (Å²) in [6.45, 7) is 5.73. The monoisotopic (exact) mass is 237 g/mol. The van der Waals surface area contributed by atoms with E-state index in [4.69, 9.17) is 5.73 Å². The van der Waals surface area contributed by atoms with Crippen molar-refractivity contribution >= 4 is 6.09 Å². The van der Waals surface area contributed by atoms with Crippen LogP contribution in [0.3, 0.4) is 0 Å². The van der Waals surface area contributed by atoms with Gasteiger partial charge in [0.15, 0.2) is 0 Å². The van der Waals surface area contributed by atoms with E-state index in [0.29, 0.717) is 5.69 Å². The van der Waals surface area contributed by atoms with E-state index in [0.717, 1.165) is 0 Å². The number of amides is 1. The minimum absolute atomic E-state index is 0.209. The molecule has 1 amide bonds. The molecule has 1 atom stereocenters. The van der Waals surface area contributed by atoms with Crippen molar-refractivity contribution in [2.45, 2.75) is 32.4 Å². The highest BCUT2D eigenvalue weighted by atomic mass is 16.4. The maximum Gasteiger partial charge on any atom is 0.408 e. The van der Waals surface area contributed by atoms with E-state index < -0.39 is 17.7 Å². The molecule has 5 nitrogen and oxygen atoms in total. The molecule has 1 aromatic rings. The Bertz CT molecular complexity index is 373. The van der Waals surface area contributed by atoms with Gasteiger partial charge in [0.25, 0.3) is 0 Å². The summed E-state index contributed by atoms with van der Waals surface area (Å²) in [7, 11) is 0. The molecule has 0 fully saturated rings. The molecule has 1 aromatic heterocycles. The van der Waals surface area contributed by atoms with Gasteiger partial charge in [0.2, 0.25) is 0 Å². The molecule has 1 unspecified atom stereocenters. The first kappa shape index (κ1) is 13.4. The van der Waals surface area contributed by atoms with Gasteiger partial charge in [0, 0.05) is 18.3 Å². The molecule has 0 saturated heterocycles. The van der Waals surface area contributed by atoms with Crippen LogP contribution in [0.5, 0.6) is 0 Å². The normalized spacial score (nSPS) is 13.2. The van der Waals surface area contributed by atoms with Crippen LogP contribution in [0, 0.1) is 0 Å². The van der Waals surface area contributed by atoms with Crippen molar-refractivity contribution in [1.82, 2.24) is 9.88 Å². The van der Waals surface area contributed by atoms with Gasteiger partial charge in [-0.25, -0.2) is 4.79 Å². The Morgan fingerprint density at radius 2 is 2.18 bits per heavy atom. The molecule has 0 aromatic carbocycles. The number of hydrogen-bond acceptors (Lipinski definition) is 3. The highest BCUT2D eigenvalue weighted by Gasteiger charge is 2.33. The van der Waals surface area contributed by atoms with Crippen molar-refractivity contribution in [3.63, 3.8) is 0 Å². The molecular formula is C12H19N3O2. The van der Waals surface area contributed by atoms with Crippen LogP contribution in [0.25, 0.3) is 0 Å². The number of carboxylic acid groups (broad SMARTS) is 1. The van der Waals surface area contributed by atoms with E-state index in [1.54, 1.807) is 18.3 Å². The zero-order valence-electron chi connectivity index (χ0n) is 10.4. The van der Waals surface area contributed by atoms with Gasteiger partial charge in [-0.3, -0.25) is 9.88 Å². The van der Waals surface area contributed by atoms with E-state index >= 15 is 0 Å². The van der Waals surface area contributed by atoms with Gasteiger partial charge in [0.05, 0.1) is 11.7 Å². The molecule has 1 rings (SSSR count). The molecule has 0 aliphatic rings. The van der Waals surface area contributed by atoms with Crippen molar-refractivity contribution in [2.24, 2.45) is 5.73 Å². The Balaban J connectivity index is 3.11. The summed E-state index contributed by atoms with van der Waals surface area (Å²) in [5.74, 6) is 0. The molecule has 94 valence electrons. The number of hydrogen-bond donors (Lipinski definition) is 2. The number of nitrogens with two attached hydrogens (primary N) is 1. The van der Waals surface area contributed by atoms with Crippen LogP contribution < -0.4 is 5.73 Å². The van der Waals surface area contributed by atoms with Crippen LogP contribution >= 0.6 is 0 Å². The number of rotatable bonds is 3. The van der Waals surface area contributed by atoms with Crippen molar-refractivity contribution < 1.29 is 9.90 Å². The summed E-state index contributed by atoms with van der Waals surface area (Å²) in [4.78, 5) is 16.9. The lowest BCUT2D eigenvalue weighted by Gasteiger charge is -2.38. The van der Waals surface area contributed by atoms with Crippen LogP contribution in [0.4, 0.5) is 4.79 Å². The fraction of sp³-hybridized carbons (Fsp3) is 0.500. The SMILES string of the molecule is CC(C)(C)N(C(=O)O)C(CN)c1ccccn1. The molecule has 0 radical (unpaired) electrons. The van der Waals surface area contributed by atoms with Crippen LogP contribution in [0.15, 0.2) is 24.4 Å². The van der Waals surface area contributed by atoms with Crippen LogP contribution in [0.1, 0.15) is 32.5 Å². The Kier molecular flexibility index (Phi) is 4.07.